The van der Waals surface area contributed by atoms with E-state index in [0.29, 0.717) is 17.7 Å². The average Bonchev–Trinajstić information content (AvgIpc) is 3.26. The van der Waals surface area contributed by atoms with E-state index in [9.17, 15) is 9.59 Å². The van der Waals surface area contributed by atoms with Crippen LogP contribution in [0.2, 0.25) is 0 Å². The van der Waals surface area contributed by atoms with Gasteiger partial charge in [0.1, 0.15) is 0 Å². The molecule has 4 rings (SSSR count). The van der Waals surface area contributed by atoms with Crippen LogP contribution in [0.5, 0.6) is 0 Å². The van der Waals surface area contributed by atoms with Crippen molar-refractivity contribution >= 4 is 11.9 Å². The zero-order valence-electron chi connectivity index (χ0n) is 14.2. The number of fused-ring (bicyclic) bond motifs is 3. The number of primary amides is 1. The second-order valence-corrected chi connectivity index (χ2v) is 5.98. The van der Waals surface area contributed by atoms with Crippen LogP contribution in [0.3, 0.4) is 0 Å². The Morgan fingerprint density at radius 3 is 2.73 bits per heavy atom. The maximum Gasteiger partial charge on any atom is 0.359 e. The van der Waals surface area contributed by atoms with Crippen LogP contribution in [0.25, 0.3) is 16.9 Å². The van der Waals surface area contributed by atoms with Gasteiger partial charge in [-0.2, -0.15) is 10.2 Å². The summed E-state index contributed by atoms with van der Waals surface area (Å²) in [5.41, 5.74) is 10.3. The molecule has 0 saturated heterocycles. The number of amides is 1. The molecule has 0 radical (unpaired) electrons. The third kappa shape index (κ3) is 2.46. The molecule has 2 heterocycles. The number of nitrogens with one attached hydrogen (secondary N) is 1. The number of carbonyl (C=O) groups excluding carboxylic acids is 2. The van der Waals surface area contributed by atoms with Crippen LogP contribution in [-0.2, 0) is 17.6 Å². The van der Waals surface area contributed by atoms with Crippen LogP contribution in [0, 0.1) is 0 Å². The molecule has 3 aromatic rings. The predicted octanol–water partition coefficient (Wildman–Crippen LogP) is 1.64. The lowest BCUT2D eigenvalue weighted by molar-refractivity contribution is 0.0517. The highest BCUT2D eigenvalue weighted by molar-refractivity contribution is 5.93. The third-order valence-corrected chi connectivity index (χ3v) is 4.45. The fourth-order valence-corrected chi connectivity index (χ4v) is 3.24. The first-order valence-electron chi connectivity index (χ1n) is 8.32. The predicted molar refractivity (Wildman–Crippen MR) is 93.0 cm³/mol. The van der Waals surface area contributed by atoms with Crippen molar-refractivity contribution in [2.45, 2.75) is 19.8 Å². The highest BCUT2D eigenvalue weighted by Crippen LogP contribution is 2.36. The molecule has 0 unspecified atom stereocenters. The van der Waals surface area contributed by atoms with E-state index < -0.39 is 11.9 Å². The molecule has 1 aliphatic carbocycles. The molecule has 0 atom stereocenters. The van der Waals surface area contributed by atoms with Gasteiger partial charge >= 0.3 is 5.97 Å². The molecule has 132 valence electrons. The number of H-pyrrole nitrogens is 1. The van der Waals surface area contributed by atoms with Gasteiger partial charge < -0.3 is 10.5 Å². The number of hydrogen-bond acceptors (Lipinski definition) is 5. The number of nitrogens with zero attached hydrogens (tertiary/aromatic N) is 3. The van der Waals surface area contributed by atoms with Crippen LogP contribution in [0.4, 0.5) is 0 Å². The smallest absolute Gasteiger partial charge is 0.359 e. The summed E-state index contributed by atoms with van der Waals surface area (Å²) in [6.45, 7) is 2.04. The van der Waals surface area contributed by atoms with Crippen LogP contribution in [-0.4, -0.2) is 38.5 Å². The Labute approximate surface area is 149 Å². The van der Waals surface area contributed by atoms with Gasteiger partial charge in [-0.1, -0.05) is 0 Å². The topological polar surface area (TPSA) is 116 Å². The van der Waals surface area contributed by atoms with E-state index in [0.717, 1.165) is 34.6 Å². The summed E-state index contributed by atoms with van der Waals surface area (Å²) in [6, 6.07) is 6.76. The second kappa shape index (κ2) is 6.14. The van der Waals surface area contributed by atoms with Gasteiger partial charge in [-0.15, -0.1) is 0 Å². The second-order valence-electron chi connectivity index (χ2n) is 5.98. The molecule has 1 aliphatic rings. The number of ether oxygens (including phenoxy) is 1. The summed E-state index contributed by atoms with van der Waals surface area (Å²) in [5, 5.41) is 11.6. The first-order chi connectivity index (χ1) is 12.6. The van der Waals surface area contributed by atoms with Crippen molar-refractivity contribution in [3.63, 3.8) is 0 Å². The Balaban J connectivity index is 1.90. The lowest BCUT2D eigenvalue weighted by atomic mass is 9.94. The Hall–Kier alpha value is -3.42. The molecule has 0 fully saturated rings. The van der Waals surface area contributed by atoms with Crippen LogP contribution in [0.1, 0.15) is 39.0 Å². The Morgan fingerprint density at radius 2 is 2.04 bits per heavy atom. The van der Waals surface area contributed by atoms with Gasteiger partial charge in [-0.3, -0.25) is 9.89 Å². The number of hydrogen-bond donors (Lipinski definition) is 2. The minimum absolute atomic E-state index is 0.282. The SMILES string of the molecule is CCOC(=O)c1nn(-c2ccc(C(N)=O)cc2)c2c1CCc1[nH]ncc1-2. The standard InChI is InChI=1S/C18H17N5O3/c1-2-26-18(25)15-12-7-8-14-13(9-20-21-14)16(12)23(22-15)11-5-3-10(4-6-11)17(19)24/h3-6,9H,2,7-8H2,1H3,(H2,19,24)(H,20,21). The van der Waals surface area contributed by atoms with Crippen molar-refractivity contribution in [1.82, 2.24) is 20.0 Å². The summed E-state index contributed by atoms with van der Waals surface area (Å²) < 4.78 is 6.86. The van der Waals surface area contributed by atoms with Gasteiger partial charge in [0, 0.05) is 22.4 Å². The molecule has 0 bridgehead atoms. The van der Waals surface area contributed by atoms with Crippen molar-refractivity contribution in [3.05, 3.63) is 53.0 Å². The molecule has 0 saturated carbocycles. The Bertz CT molecular complexity index is 1000. The molecule has 8 heteroatoms. The molecule has 3 N–H and O–H groups in total. The van der Waals surface area contributed by atoms with Crippen molar-refractivity contribution < 1.29 is 14.3 Å². The fraction of sp³-hybridized carbons (Fsp3) is 0.222. The van der Waals surface area contributed by atoms with E-state index in [-0.39, 0.29) is 6.61 Å². The number of aromatic amines is 1. The van der Waals surface area contributed by atoms with Crippen LogP contribution in [0.15, 0.2) is 30.5 Å². The normalized spacial score (nSPS) is 12.3. The van der Waals surface area contributed by atoms with Crippen LogP contribution < -0.4 is 5.73 Å². The van der Waals surface area contributed by atoms with Crippen molar-refractivity contribution in [2.75, 3.05) is 6.61 Å². The third-order valence-electron chi connectivity index (χ3n) is 4.45. The van der Waals surface area contributed by atoms with E-state index >= 15 is 0 Å². The molecule has 26 heavy (non-hydrogen) atoms. The molecule has 8 nitrogen and oxygen atoms in total. The number of rotatable bonds is 4. The minimum atomic E-state index is -0.497. The lowest BCUT2D eigenvalue weighted by Gasteiger charge is -2.14. The van der Waals surface area contributed by atoms with Gasteiger partial charge in [0.25, 0.3) is 0 Å². The largest absolute Gasteiger partial charge is 0.461 e. The monoisotopic (exact) mass is 351 g/mol. The molecule has 0 aliphatic heterocycles. The molecular weight excluding hydrogens is 334 g/mol. The Kier molecular flexibility index (Phi) is 3.80. The number of benzene rings is 1. The summed E-state index contributed by atoms with van der Waals surface area (Å²) in [7, 11) is 0. The van der Waals surface area contributed by atoms with Gasteiger partial charge in [-0.25, -0.2) is 9.48 Å². The van der Waals surface area contributed by atoms with Gasteiger partial charge in [0.2, 0.25) is 5.91 Å². The molecule has 1 amide bonds. The molecular formula is C18H17N5O3. The fourth-order valence-electron chi connectivity index (χ4n) is 3.24. The van der Waals surface area contributed by atoms with Gasteiger partial charge in [0.15, 0.2) is 5.69 Å². The van der Waals surface area contributed by atoms with Crippen molar-refractivity contribution in [2.24, 2.45) is 5.73 Å². The molecule has 1 aromatic carbocycles. The van der Waals surface area contributed by atoms with E-state index in [2.05, 4.69) is 15.3 Å². The zero-order valence-corrected chi connectivity index (χ0v) is 14.2. The summed E-state index contributed by atoms with van der Waals surface area (Å²) in [4.78, 5) is 23.7. The van der Waals surface area contributed by atoms with Crippen molar-refractivity contribution in [3.8, 4) is 16.9 Å². The van der Waals surface area contributed by atoms with E-state index in [1.54, 1.807) is 42.1 Å². The lowest BCUT2D eigenvalue weighted by Crippen LogP contribution is -2.11. The van der Waals surface area contributed by atoms with Gasteiger partial charge in [-0.05, 0) is 44.0 Å². The van der Waals surface area contributed by atoms with E-state index in [1.807, 2.05) is 0 Å². The highest BCUT2D eigenvalue weighted by atomic mass is 16.5. The van der Waals surface area contributed by atoms with E-state index in [1.165, 1.54) is 0 Å². The summed E-state index contributed by atoms with van der Waals surface area (Å²) in [6.07, 6.45) is 3.15. The highest BCUT2D eigenvalue weighted by Gasteiger charge is 2.30. The average molecular weight is 351 g/mol. The number of aromatic nitrogens is 4. The number of nitrogens with two attached hydrogens (primary N) is 1. The first kappa shape index (κ1) is 16.1. The summed E-state index contributed by atoms with van der Waals surface area (Å²) >= 11 is 0. The molecule has 2 aromatic heterocycles. The van der Waals surface area contributed by atoms with Crippen molar-refractivity contribution in [1.29, 1.82) is 0 Å². The van der Waals surface area contributed by atoms with Gasteiger partial charge in [0.05, 0.1) is 24.2 Å². The number of aryl methyl sites for hydroxylation is 1. The maximum atomic E-state index is 12.4. The maximum absolute atomic E-state index is 12.4. The summed E-state index contributed by atoms with van der Waals surface area (Å²) in [5.74, 6) is -0.938. The van der Waals surface area contributed by atoms with E-state index in [4.69, 9.17) is 10.5 Å². The molecule has 0 spiro atoms. The minimum Gasteiger partial charge on any atom is -0.461 e. The Morgan fingerprint density at radius 1 is 1.27 bits per heavy atom. The number of carbonyl (C=O) groups is 2. The first-order valence-corrected chi connectivity index (χ1v) is 8.32. The number of esters is 1. The zero-order chi connectivity index (χ0) is 18.3. The quantitative estimate of drug-likeness (QED) is 0.693. The van der Waals surface area contributed by atoms with Crippen LogP contribution >= 0.6 is 0 Å².